The number of amides is 1. The number of halogens is 1. The lowest BCUT2D eigenvalue weighted by Crippen LogP contribution is -2.11. The van der Waals surface area contributed by atoms with Crippen molar-refractivity contribution >= 4 is 12.0 Å². The second-order valence-corrected chi connectivity index (χ2v) is 2.56. The van der Waals surface area contributed by atoms with Gasteiger partial charge in [-0.15, -0.1) is 0 Å². The lowest BCUT2D eigenvalue weighted by Gasteiger charge is -2.00. The van der Waals surface area contributed by atoms with E-state index in [0.29, 0.717) is 0 Å². The molecule has 0 aliphatic heterocycles. The van der Waals surface area contributed by atoms with Gasteiger partial charge < -0.3 is 0 Å². The van der Waals surface area contributed by atoms with Crippen LogP contribution in [0.5, 0.6) is 0 Å². The number of rotatable bonds is 2. The Morgan fingerprint density at radius 2 is 2.00 bits per heavy atom. The largest absolute Gasteiger partial charge is 0.272 e. The Bertz CT molecular complexity index is 308. The lowest BCUT2D eigenvalue weighted by molar-refractivity contribution is -0.137. The predicted molar refractivity (Wildman–Crippen MR) is 49.1 cm³/mol. The van der Waals surface area contributed by atoms with Crippen LogP contribution in [0.2, 0.25) is 0 Å². The molecule has 0 aromatic heterocycles. The fourth-order valence-corrected chi connectivity index (χ4v) is 0.821. The average Bonchev–Trinajstić information content (AvgIpc) is 2.15. The van der Waals surface area contributed by atoms with Gasteiger partial charge in [0.25, 0.3) is 5.91 Å². The van der Waals surface area contributed by atoms with Crippen molar-refractivity contribution in [2.75, 3.05) is 0 Å². The summed E-state index contributed by atoms with van der Waals surface area (Å²) in [6.45, 7) is 1.16. The van der Waals surface area contributed by atoms with Crippen LogP contribution < -0.4 is 0 Å². The highest BCUT2D eigenvalue weighted by atomic mass is 19.2. The number of carbonyl (C=O) groups excluding carboxylic acids is 1. The minimum Gasteiger partial charge on any atom is -0.272 e. The van der Waals surface area contributed by atoms with Gasteiger partial charge in [0, 0.05) is 13.1 Å². The predicted octanol–water partition coefficient (Wildman–Crippen LogP) is 2.39. The molecule has 13 heavy (non-hydrogen) atoms. The van der Waals surface area contributed by atoms with E-state index in [4.69, 9.17) is 0 Å². The molecule has 1 amide bonds. The van der Waals surface area contributed by atoms with Crippen molar-refractivity contribution < 1.29 is 9.28 Å². The minimum atomic E-state index is -0.632. The van der Waals surface area contributed by atoms with E-state index >= 15 is 0 Å². The van der Waals surface area contributed by atoms with E-state index in [0.717, 1.165) is 18.7 Å². The molecule has 1 rings (SSSR count). The summed E-state index contributed by atoms with van der Waals surface area (Å²) in [5.41, 5.74) is 0.853. The standard InChI is InChI=1S/C10H10FNO/c1-9(13)12(11)8-7-10-5-3-2-4-6-10/h2-8H,1H3. The molecular weight excluding hydrogens is 169 g/mol. The Hall–Kier alpha value is -1.64. The van der Waals surface area contributed by atoms with Crippen LogP contribution in [0.4, 0.5) is 4.48 Å². The normalized spacial score (nSPS) is 10.3. The van der Waals surface area contributed by atoms with Crippen LogP contribution in [0.15, 0.2) is 36.5 Å². The van der Waals surface area contributed by atoms with Crippen molar-refractivity contribution in [2.24, 2.45) is 0 Å². The molecule has 0 radical (unpaired) electrons. The van der Waals surface area contributed by atoms with E-state index < -0.39 is 5.91 Å². The summed E-state index contributed by atoms with van der Waals surface area (Å²) in [7, 11) is 0. The minimum absolute atomic E-state index is 0.0486. The van der Waals surface area contributed by atoms with Crippen LogP contribution in [-0.2, 0) is 4.79 Å². The first kappa shape index (κ1) is 9.45. The third-order valence-electron chi connectivity index (χ3n) is 1.50. The molecule has 0 heterocycles. The summed E-state index contributed by atoms with van der Waals surface area (Å²) in [6, 6.07) is 9.20. The molecule has 3 heteroatoms. The van der Waals surface area contributed by atoms with Crippen LogP contribution in [-0.4, -0.2) is 11.0 Å². The van der Waals surface area contributed by atoms with Crippen molar-refractivity contribution in [1.82, 2.24) is 5.12 Å². The number of nitrogens with zero attached hydrogens (tertiary/aromatic N) is 1. The fraction of sp³-hybridized carbons (Fsp3) is 0.100. The quantitative estimate of drug-likeness (QED) is 0.638. The highest BCUT2D eigenvalue weighted by Crippen LogP contribution is 2.02. The van der Waals surface area contributed by atoms with Crippen molar-refractivity contribution in [3.8, 4) is 0 Å². The number of carbonyl (C=O) groups is 1. The smallest absolute Gasteiger partial charge is 0.251 e. The van der Waals surface area contributed by atoms with Gasteiger partial charge >= 0.3 is 0 Å². The van der Waals surface area contributed by atoms with E-state index in [2.05, 4.69) is 0 Å². The molecule has 0 N–H and O–H groups in total. The van der Waals surface area contributed by atoms with Gasteiger partial charge in [-0.25, -0.2) is 0 Å². The number of hydrogen-bond acceptors (Lipinski definition) is 1. The Labute approximate surface area is 76.2 Å². The Kier molecular flexibility index (Phi) is 3.20. The van der Waals surface area contributed by atoms with E-state index in [1.54, 1.807) is 0 Å². The molecule has 2 nitrogen and oxygen atoms in total. The highest BCUT2D eigenvalue weighted by molar-refractivity contribution is 5.73. The van der Waals surface area contributed by atoms with Crippen LogP contribution in [0.1, 0.15) is 12.5 Å². The maximum Gasteiger partial charge on any atom is 0.251 e. The van der Waals surface area contributed by atoms with Gasteiger partial charge in [-0.05, 0) is 11.6 Å². The van der Waals surface area contributed by atoms with Gasteiger partial charge in [0.15, 0.2) is 0 Å². The van der Waals surface area contributed by atoms with Crippen LogP contribution >= 0.6 is 0 Å². The monoisotopic (exact) mass is 179 g/mol. The van der Waals surface area contributed by atoms with Gasteiger partial charge in [-0.1, -0.05) is 34.8 Å². The van der Waals surface area contributed by atoms with Crippen molar-refractivity contribution in [2.45, 2.75) is 6.92 Å². The summed E-state index contributed by atoms with van der Waals surface area (Å²) < 4.78 is 12.6. The van der Waals surface area contributed by atoms with Gasteiger partial charge in [0.2, 0.25) is 0 Å². The van der Waals surface area contributed by atoms with Gasteiger partial charge in [-0.2, -0.15) is 5.12 Å². The third kappa shape index (κ3) is 3.07. The van der Waals surface area contributed by atoms with Crippen molar-refractivity contribution in [1.29, 1.82) is 0 Å². The average molecular weight is 179 g/mol. The van der Waals surface area contributed by atoms with Crippen LogP contribution in [0.3, 0.4) is 0 Å². The molecule has 0 saturated carbocycles. The molecule has 0 aliphatic rings. The number of benzene rings is 1. The first-order chi connectivity index (χ1) is 6.20. The van der Waals surface area contributed by atoms with E-state index in [9.17, 15) is 9.28 Å². The molecule has 0 fully saturated rings. The summed E-state index contributed by atoms with van der Waals surface area (Å²) in [5, 5.41) is 0.0486. The molecule has 0 aliphatic carbocycles. The molecule has 0 saturated heterocycles. The van der Waals surface area contributed by atoms with E-state index in [1.165, 1.54) is 6.08 Å². The Balaban J connectivity index is 2.64. The zero-order chi connectivity index (χ0) is 9.68. The zero-order valence-corrected chi connectivity index (χ0v) is 7.27. The molecule has 1 aromatic rings. The fourth-order valence-electron chi connectivity index (χ4n) is 0.821. The third-order valence-corrected chi connectivity index (χ3v) is 1.50. The van der Waals surface area contributed by atoms with Gasteiger partial charge in [-0.3, -0.25) is 4.79 Å². The first-order valence-corrected chi connectivity index (χ1v) is 3.89. The Morgan fingerprint density at radius 1 is 1.38 bits per heavy atom. The summed E-state index contributed by atoms with van der Waals surface area (Å²) >= 11 is 0. The topological polar surface area (TPSA) is 20.3 Å². The molecular formula is C10H10FNO. The summed E-state index contributed by atoms with van der Waals surface area (Å²) in [6.07, 6.45) is 2.62. The van der Waals surface area contributed by atoms with Gasteiger partial charge in [0.1, 0.15) is 0 Å². The molecule has 0 atom stereocenters. The maximum absolute atomic E-state index is 12.6. The van der Waals surface area contributed by atoms with E-state index in [-0.39, 0.29) is 5.12 Å². The van der Waals surface area contributed by atoms with Crippen molar-refractivity contribution in [3.05, 3.63) is 42.1 Å². The summed E-state index contributed by atoms with van der Waals surface area (Å²) in [4.78, 5) is 10.5. The highest BCUT2D eigenvalue weighted by Gasteiger charge is 1.99. The molecule has 1 aromatic carbocycles. The second-order valence-electron chi connectivity index (χ2n) is 2.56. The van der Waals surface area contributed by atoms with E-state index in [1.807, 2.05) is 30.3 Å². The van der Waals surface area contributed by atoms with Crippen LogP contribution in [0.25, 0.3) is 6.08 Å². The first-order valence-electron chi connectivity index (χ1n) is 3.89. The SMILES string of the molecule is CC(=O)N(F)C=Cc1ccccc1. The number of hydrogen-bond donors (Lipinski definition) is 0. The molecule has 0 spiro atoms. The lowest BCUT2D eigenvalue weighted by atomic mass is 10.2. The second kappa shape index (κ2) is 4.40. The summed E-state index contributed by atoms with van der Waals surface area (Å²) in [5.74, 6) is -0.632. The zero-order valence-electron chi connectivity index (χ0n) is 7.27. The van der Waals surface area contributed by atoms with Crippen LogP contribution in [0, 0.1) is 0 Å². The Morgan fingerprint density at radius 3 is 2.54 bits per heavy atom. The molecule has 0 unspecified atom stereocenters. The maximum atomic E-state index is 12.6. The van der Waals surface area contributed by atoms with Crippen molar-refractivity contribution in [3.63, 3.8) is 0 Å². The van der Waals surface area contributed by atoms with Gasteiger partial charge in [0.05, 0.1) is 0 Å². The molecule has 0 bridgehead atoms. The molecule has 68 valence electrons.